The number of thiophene rings is 1. The summed E-state index contributed by atoms with van der Waals surface area (Å²) in [7, 11) is -3.53. The van der Waals surface area contributed by atoms with E-state index < -0.39 is 10.0 Å². The summed E-state index contributed by atoms with van der Waals surface area (Å²) in [5.41, 5.74) is 7.95. The van der Waals surface area contributed by atoms with Crippen molar-refractivity contribution in [3.63, 3.8) is 0 Å². The lowest BCUT2D eigenvalue weighted by Crippen LogP contribution is -2.13. The number of hydrogen-bond donors (Lipinski definition) is 2. The first-order valence-electron chi connectivity index (χ1n) is 5.82. The molecule has 19 heavy (non-hydrogen) atoms. The van der Waals surface area contributed by atoms with E-state index in [2.05, 4.69) is 4.72 Å². The van der Waals surface area contributed by atoms with Crippen molar-refractivity contribution in [1.82, 2.24) is 0 Å². The van der Waals surface area contributed by atoms with Gasteiger partial charge in [0, 0.05) is 11.4 Å². The van der Waals surface area contributed by atoms with E-state index in [1.807, 2.05) is 32.0 Å². The standard InChI is InChI=1S/C13H16N2O2S2/c1-9-4-3-5-10(2)13(9)15-19(16,17)12-7-6-11(8-14)18-12/h3-7,15H,8,14H2,1-2H3. The minimum Gasteiger partial charge on any atom is -0.326 e. The van der Waals surface area contributed by atoms with E-state index in [-0.39, 0.29) is 4.21 Å². The molecule has 0 bridgehead atoms. The van der Waals surface area contributed by atoms with Gasteiger partial charge in [-0.15, -0.1) is 11.3 Å². The quantitative estimate of drug-likeness (QED) is 0.911. The van der Waals surface area contributed by atoms with Crippen molar-refractivity contribution < 1.29 is 8.42 Å². The lowest BCUT2D eigenvalue weighted by atomic mass is 10.1. The predicted octanol–water partition coefficient (Wildman–Crippen LogP) is 2.62. The maximum absolute atomic E-state index is 12.3. The average molecular weight is 296 g/mol. The van der Waals surface area contributed by atoms with Crippen LogP contribution in [0.3, 0.4) is 0 Å². The van der Waals surface area contributed by atoms with Crippen LogP contribution in [0.5, 0.6) is 0 Å². The van der Waals surface area contributed by atoms with Gasteiger partial charge in [0.15, 0.2) is 0 Å². The van der Waals surface area contributed by atoms with E-state index >= 15 is 0 Å². The molecule has 102 valence electrons. The molecule has 1 aromatic heterocycles. The third-order valence-corrected chi connectivity index (χ3v) is 5.77. The fraction of sp³-hybridized carbons (Fsp3) is 0.231. The monoisotopic (exact) mass is 296 g/mol. The minimum absolute atomic E-state index is 0.288. The summed E-state index contributed by atoms with van der Waals surface area (Å²) < 4.78 is 27.5. The summed E-state index contributed by atoms with van der Waals surface area (Å²) in [5.74, 6) is 0. The number of benzene rings is 1. The molecule has 0 amide bonds. The molecule has 0 aliphatic carbocycles. The molecular formula is C13H16N2O2S2. The molecule has 4 nitrogen and oxygen atoms in total. The maximum Gasteiger partial charge on any atom is 0.271 e. The van der Waals surface area contributed by atoms with Crippen molar-refractivity contribution in [3.8, 4) is 0 Å². The SMILES string of the molecule is Cc1cccc(C)c1NS(=O)(=O)c1ccc(CN)s1. The van der Waals surface area contributed by atoms with E-state index in [0.717, 1.165) is 16.0 Å². The fourth-order valence-electron chi connectivity index (χ4n) is 1.77. The molecule has 6 heteroatoms. The van der Waals surface area contributed by atoms with Gasteiger partial charge in [-0.2, -0.15) is 0 Å². The third-order valence-electron chi connectivity index (χ3n) is 2.82. The second-order valence-corrected chi connectivity index (χ2v) is 7.37. The highest BCUT2D eigenvalue weighted by atomic mass is 32.2. The Bertz CT molecular complexity index is 670. The molecule has 0 fully saturated rings. The lowest BCUT2D eigenvalue weighted by molar-refractivity contribution is 0.603. The van der Waals surface area contributed by atoms with Crippen LogP contribution >= 0.6 is 11.3 Å². The molecule has 2 rings (SSSR count). The van der Waals surface area contributed by atoms with E-state index in [4.69, 9.17) is 5.73 Å². The van der Waals surface area contributed by atoms with Gasteiger partial charge >= 0.3 is 0 Å². The zero-order valence-electron chi connectivity index (χ0n) is 10.8. The number of rotatable bonds is 4. The Morgan fingerprint density at radius 3 is 2.32 bits per heavy atom. The summed E-state index contributed by atoms with van der Waals surface area (Å²) >= 11 is 1.20. The molecule has 0 saturated carbocycles. The van der Waals surface area contributed by atoms with Crippen LogP contribution in [0.25, 0.3) is 0 Å². The smallest absolute Gasteiger partial charge is 0.271 e. The number of aryl methyl sites for hydroxylation is 2. The van der Waals surface area contributed by atoms with Crippen molar-refractivity contribution >= 4 is 27.0 Å². The fourth-order valence-corrected chi connectivity index (χ4v) is 4.21. The Kier molecular flexibility index (Phi) is 3.93. The number of anilines is 1. The van der Waals surface area contributed by atoms with Gasteiger partial charge < -0.3 is 5.73 Å². The highest BCUT2D eigenvalue weighted by molar-refractivity contribution is 7.94. The van der Waals surface area contributed by atoms with Gasteiger partial charge in [0.1, 0.15) is 4.21 Å². The topological polar surface area (TPSA) is 72.2 Å². The van der Waals surface area contributed by atoms with Crippen LogP contribution in [-0.4, -0.2) is 8.42 Å². The Hall–Kier alpha value is -1.37. The number of para-hydroxylation sites is 1. The van der Waals surface area contributed by atoms with Crippen LogP contribution in [-0.2, 0) is 16.6 Å². The van der Waals surface area contributed by atoms with Gasteiger partial charge in [-0.05, 0) is 37.1 Å². The van der Waals surface area contributed by atoms with Gasteiger partial charge in [-0.3, -0.25) is 4.72 Å². The first kappa shape index (κ1) is 14.0. The van der Waals surface area contributed by atoms with Gasteiger partial charge in [0.2, 0.25) is 0 Å². The minimum atomic E-state index is -3.53. The van der Waals surface area contributed by atoms with Gasteiger partial charge in [-0.25, -0.2) is 8.42 Å². The zero-order valence-corrected chi connectivity index (χ0v) is 12.4. The van der Waals surface area contributed by atoms with E-state index in [1.165, 1.54) is 11.3 Å². The van der Waals surface area contributed by atoms with Crippen LogP contribution in [0.2, 0.25) is 0 Å². The normalized spacial score (nSPS) is 11.5. The molecule has 0 radical (unpaired) electrons. The number of nitrogens with two attached hydrogens (primary N) is 1. The first-order chi connectivity index (χ1) is 8.94. The predicted molar refractivity (Wildman–Crippen MR) is 78.9 cm³/mol. The first-order valence-corrected chi connectivity index (χ1v) is 8.12. The summed E-state index contributed by atoms with van der Waals surface area (Å²) in [6, 6.07) is 8.99. The lowest BCUT2D eigenvalue weighted by Gasteiger charge is -2.11. The average Bonchev–Trinajstić information content (AvgIpc) is 2.83. The second kappa shape index (κ2) is 5.32. The largest absolute Gasteiger partial charge is 0.326 e. The molecule has 0 unspecified atom stereocenters. The molecule has 0 saturated heterocycles. The Morgan fingerprint density at radius 2 is 1.79 bits per heavy atom. The molecule has 0 spiro atoms. The summed E-state index contributed by atoms with van der Waals surface area (Å²) in [5, 5.41) is 0. The van der Waals surface area contributed by atoms with Crippen LogP contribution in [0.1, 0.15) is 16.0 Å². The molecule has 1 aromatic carbocycles. The molecule has 0 atom stereocenters. The van der Waals surface area contributed by atoms with E-state index in [9.17, 15) is 8.42 Å². The van der Waals surface area contributed by atoms with Crippen LogP contribution in [0, 0.1) is 13.8 Å². The molecule has 1 heterocycles. The Labute approximate surface area is 117 Å². The van der Waals surface area contributed by atoms with Crippen molar-refractivity contribution in [2.24, 2.45) is 5.73 Å². The Morgan fingerprint density at radius 1 is 1.16 bits per heavy atom. The zero-order chi connectivity index (χ0) is 14.0. The summed E-state index contributed by atoms with van der Waals surface area (Å²) in [6.45, 7) is 4.11. The van der Waals surface area contributed by atoms with Crippen molar-refractivity contribution in [2.75, 3.05) is 4.72 Å². The van der Waals surface area contributed by atoms with E-state index in [0.29, 0.717) is 12.2 Å². The maximum atomic E-state index is 12.3. The molecule has 2 aromatic rings. The summed E-state index contributed by atoms with van der Waals surface area (Å²) in [4.78, 5) is 0.849. The molecule has 0 aliphatic rings. The van der Waals surface area contributed by atoms with Gasteiger partial charge in [0.25, 0.3) is 10.0 Å². The highest BCUT2D eigenvalue weighted by Gasteiger charge is 2.18. The Balaban J connectivity index is 2.36. The van der Waals surface area contributed by atoms with Crippen molar-refractivity contribution in [2.45, 2.75) is 24.6 Å². The number of nitrogens with one attached hydrogen (secondary N) is 1. The highest BCUT2D eigenvalue weighted by Crippen LogP contribution is 2.27. The molecule has 3 N–H and O–H groups in total. The molecule has 0 aliphatic heterocycles. The van der Waals surface area contributed by atoms with Crippen molar-refractivity contribution in [1.29, 1.82) is 0 Å². The second-order valence-electron chi connectivity index (χ2n) is 4.30. The third kappa shape index (κ3) is 2.97. The van der Waals surface area contributed by atoms with Gasteiger partial charge in [0.05, 0.1) is 5.69 Å². The van der Waals surface area contributed by atoms with Crippen molar-refractivity contribution in [3.05, 3.63) is 46.3 Å². The van der Waals surface area contributed by atoms with Crippen LogP contribution in [0.4, 0.5) is 5.69 Å². The van der Waals surface area contributed by atoms with E-state index in [1.54, 1.807) is 12.1 Å². The van der Waals surface area contributed by atoms with Crippen LogP contribution < -0.4 is 10.5 Å². The number of hydrogen-bond acceptors (Lipinski definition) is 4. The number of sulfonamides is 1. The van der Waals surface area contributed by atoms with Crippen LogP contribution in [0.15, 0.2) is 34.5 Å². The summed E-state index contributed by atoms with van der Waals surface area (Å²) in [6.07, 6.45) is 0. The van der Waals surface area contributed by atoms with Gasteiger partial charge in [-0.1, -0.05) is 18.2 Å². The molecular weight excluding hydrogens is 280 g/mol.